The van der Waals surface area contributed by atoms with E-state index in [1.165, 1.54) is 17.7 Å². The number of carbonyl (C=O) groups excluding carboxylic acids is 1. The molecule has 0 aliphatic carbocycles. The lowest BCUT2D eigenvalue weighted by atomic mass is 10.4. The van der Waals surface area contributed by atoms with Gasteiger partial charge in [-0.05, 0) is 10.4 Å². The van der Waals surface area contributed by atoms with Gasteiger partial charge in [-0.1, -0.05) is 0 Å². The molecule has 14 heavy (non-hydrogen) atoms. The third kappa shape index (κ3) is 2.10. The van der Waals surface area contributed by atoms with Crippen LogP contribution in [0.1, 0.15) is 5.01 Å². The highest BCUT2D eigenvalue weighted by atomic mass is 32.1. The van der Waals surface area contributed by atoms with Crippen molar-refractivity contribution in [2.75, 3.05) is 5.43 Å². The van der Waals surface area contributed by atoms with Gasteiger partial charge in [-0.3, -0.25) is 4.79 Å². The molecule has 1 amide bonds. The number of rotatable bonds is 3. The van der Waals surface area contributed by atoms with Crippen molar-refractivity contribution in [2.24, 2.45) is 0 Å². The Kier molecular flexibility index (Phi) is 2.45. The molecule has 0 spiro atoms. The second-order valence-corrected chi connectivity index (χ2v) is 3.37. The maximum atomic E-state index is 11.3. The molecule has 0 aliphatic rings. The van der Waals surface area contributed by atoms with Gasteiger partial charge in [-0.25, -0.2) is 10.4 Å². The predicted octanol–water partition coefficient (Wildman–Crippen LogP) is -0.558. The Morgan fingerprint density at radius 3 is 3.21 bits per heavy atom. The zero-order chi connectivity index (χ0) is 9.80. The quantitative estimate of drug-likeness (QED) is 0.734. The second kappa shape index (κ2) is 3.92. The first-order valence-corrected chi connectivity index (χ1v) is 4.64. The lowest BCUT2D eigenvalue weighted by Gasteiger charge is -1.99. The molecule has 2 aromatic rings. The lowest BCUT2D eigenvalue weighted by Crippen LogP contribution is -2.24. The molecule has 1 N–H and O–H groups in total. The van der Waals surface area contributed by atoms with Crippen LogP contribution in [0.15, 0.2) is 17.9 Å². The summed E-state index contributed by atoms with van der Waals surface area (Å²) in [5.74, 6) is -0.202. The highest BCUT2D eigenvalue weighted by Gasteiger charge is 2.05. The van der Waals surface area contributed by atoms with Gasteiger partial charge in [0.1, 0.15) is 5.01 Å². The number of tetrazole rings is 1. The predicted molar refractivity (Wildman–Crippen MR) is 48.0 cm³/mol. The zero-order valence-corrected chi connectivity index (χ0v) is 7.81. The summed E-state index contributed by atoms with van der Waals surface area (Å²) in [5, 5.41) is 12.8. The van der Waals surface area contributed by atoms with E-state index in [-0.39, 0.29) is 12.3 Å². The number of carbonyl (C=O) groups is 1. The van der Waals surface area contributed by atoms with E-state index in [0.29, 0.717) is 0 Å². The van der Waals surface area contributed by atoms with Crippen molar-refractivity contribution in [1.82, 2.24) is 25.3 Å². The van der Waals surface area contributed by atoms with E-state index in [1.54, 1.807) is 6.20 Å². The Morgan fingerprint density at radius 2 is 2.57 bits per heavy atom. The third-order valence-electron chi connectivity index (χ3n) is 1.38. The molecular formula is C6H6N6OS. The van der Waals surface area contributed by atoms with Crippen LogP contribution in [0.25, 0.3) is 0 Å². The number of hydrogen-bond donors (Lipinski definition) is 1. The molecule has 2 rings (SSSR count). The van der Waals surface area contributed by atoms with E-state index in [4.69, 9.17) is 0 Å². The maximum absolute atomic E-state index is 11.3. The van der Waals surface area contributed by atoms with Gasteiger partial charge >= 0.3 is 0 Å². The summed E-state index contributed by atoms with van der Waals surface area (Å²) < 4.78 is 0. The Morgan fingerprint density at radius 1 is 1.64 bits per heavy atom. The lowest BCUT2D eigenvalue weighted by molar-refractivity contribution is -0.116. The molecule has 2 aromatic heterocycles. The van der Waals surface area contributed by atoms with Gasteiger partial charge in [-0.2, -0.15) is 0 Å². The molecule has 7 nitrogen and oxygen atoms in total. The molecular weight excluding hydrogens is 204 g/mol. The fraction of sp³-hybridized carbons (Fsp3) is 0.167. The Hall–Kier alpha value is -1.83. The van der Waals surface area contributed by atoms with Crippen LogP contribution in [0.5, 0.6) is 0 Å². The van der Waals surface area contributed by atoms with Crippen molar-refractivity contribution < 1.29 is 4.79 Å². The van der Waals surface area contributed by atoms with Crippen molar-refractivity contribution in [3.63, 3.8) is 0 Å². The molecule has 0 bridgehead atoms. The first kappa shape index (κ1) is 8.75. The van der Waals surface area contributed by atoms with Gasteiger partial charge in [0.2, 0.25) is 5.91 Å². The van der Waals surface area contributed by atoms with Gasteiger partial charge < -0.3 is 0 Å². The molecule has 0 fully saturated rings. The van der Waals surface area contributed by atoms with Crippen LogP contribution in [0, 0.1) is 0 Å². The Balaban J connectivity index is 1.91. The minimum atomic E-state index is -0.202. The fourth-order valence-electron chi connectivity index (χ4n) is 0.857. The van der Waals surface area contributed by atoms with Crippen molar-refractivity contribution in [2.45, 2.75) is 6.42 Å². The van der Waals surface area contributed by atoms with E-state index < -0.39 is 0 Å². The molecule has 0 aromatic carbocycles. The maximum Gasteiger partial charge on any atom is 0.247 e. The minimum Gasteiger partial charge on any atom is -0.273 e. The number of hydrogen-bond acceptors (Lipinski definition) is 6. The Bertz CT molecular complexity index is 358. The highest BCUT2D eigenvalue weighted by molar-refractivity contribution is 7.09. The molecule has 0 saturated carbocycles. The molecule has 2 heterocycles. The van der Waals surface area contributed by atoms with Crippen LogP contribution in [0.3, 0.4) is 0 Å². The third-order valence-corrected chi connectivity index (χ3v) is 2.16. The summed E-state index contributed by atoms with van der Waals surface area (Å²) in [5.41, 5.74) is 2.47. The van der Waals surface area contributed by atoms with E-state index in [2.05, 4.69) is 25.9 Å². The van der Waals surface area contributed by atoms with Crippen LogP contribution >= 0.6 is 11.3 Å². The molecule has 0 radical (unpaired) electrons. The molecule has 0 atom stereocenters. The average Bonchev–Trinajstić information content (AvgIpc) is 2.76. The van der Waals surface area contributed by atoms with E-state index in [0.717, 1.165) is 9.80 Å². The number of aromatic nitrogens is 5. The number of nitrogens with one attached hydrogen (secondary N) is 1. The zero-order valence-electron chi connectivity index (χ0n) is 6.99. The Labute approximate surface area is 82.7 Å². The highest BCUT2D eigenvalue weighted by Crippen LogP contribution is 2.04. The van der Waals surface area contributed by atoms with Gasteiger partial charge in [-0.15, -0.1) is 21.2 Å². The van der Waals surface area contributed by atoms with Gasteiger partial charge in [0, 0.05) is 11.6 Å². The molecule has 72 valence electrons. The minimum absolute atomic E-state index is 0.202. The van der Waals surface area contributed by atoms with Crippen molar-refractivity contribution >= 4 is 17.2 Å². The molecule has 0 aliphatic heterocycles. The average molecular weight is 210 g/mol. The van der Waals surface area contributed by atoms with E-state index in [9.17, 15) is 4.79 Å². The number of amides is 1. The van der Waals surface area contributed by atoms with E-state index >= 15 is 0 Å². The summed E-state index contributed by atoms with van der Waals surface area (Å²) >= 11 is 1.43. The van der Waals surface area contributed by atoms with Gasteiger partial charge in [0.05, 0.1) is 6.42 Å². The van der Waals surface area contributed by atoms with Gasteiger partial charge in [0.15, 0.2) is 6.33 Å². The van der Waals surface area contributed by atoms with Crippen LogP contribution < -0.4 is 5.43 Å². The molecule has 8 heteroatoms. The first-order chi connectivity index (χ1) is 6.84. The van der Waals surface area contributed by atoms with Crippen LogP contribution in [0.4, 0.5) is 0 Å². The number of nitrogens with zero attached hydrogens (tertiary/aromatic N) is 5. The van der Waals surface area contributed by atoms with Crippen LogP contribution in [0.2, 0.25) is 0 Å². The van der Waals surface area contributed by atoms with Crippen LogP contribution in [-0.4, -0.2) is 31.2 Å². The van der Waals surface area contributed by atoms with Gasteiger partial charge in [0.25, 0.3) is 0 Å². The summed E-state index contributed by atoms with van der Waals surface area (Å²) in [6, 6.07) is 0. The topological polar surface area (TPSA) is 85.6 Å². The summed E-state index contributed by atoms with van der Waals surface area (Å²) in [4.78, 5) is 16.4. The van der Waals surface area contributed by atoms with E-state index in [1.807, 2.05) is 5.38 Å². The smallest absolute Gasteiger partial charge is 0.247 e. The fourth-order valence-corrected chi connectivity index (χ4v) is 1.47. The first-order valence-electron chi connectivity index (χ1n) is 3.76. The second-order valence-electron chi connectivity index (χ2n) is 2.39. The summed E-state index contributed by atoms with van der Waals surface area (Å²) in [7, 11) is 0. The standard InChI is InChI=1S/C6H6N6OS/c13-5(3-6-7-1-2-14-6)9-12-4-8-10-11-12/h1-2,4H,3H2,(H,9,13). The van der Waals surface area contributed by atoms with Crippen molar-refractivity contribution in [3.8, 4) is 0 Å². The molecule has 0 unspecified atom stereocenters. The monoisotopic (exact) mass is 210 g/mol. The summed E-state index contributed by atoms with van der Waals surface area (Å²) in [6.45, 7) is 0. The molecule has 0 saturated heterocycles. The largest absolute Gasteiger partial charge is 0.273 e. The summed E-state index contributed by atoms with van der Waals surface area (Å²) in [6.07, 6.45) is 3.20. The van der Waals surface area contributed by atoms with Crippen molar-refractivity contribution in [3.05, 3.63) is 22.9 Å². The SMILES string of the molecule is O=C(Cc1nccs1)Nn1cnnn1. The number of thiazole rings is 1. The van der Waals surface area contributed by atoms with Crippen molar-refractivity contribution in [1.29, 1.82) is 0 Å². The van der Waals surface area contributed by atoms with Crippen LogP contribution in [-0.2, 0) is 11.2 Å². The normalized spacial score (nSPS) is 10.0.